The van der Waals surface area contributed by atoms with Crippen LogP contribution in [0.25, 0.3) is 10.9 Å². The normalized spacial score (nSPS) is 10.4. The number of carbonyl (C=O) groups is 1. The van der Waals surface area contributed by atoms with E-state index in [1.807, 2.05) is 24.3 Å². The summed E-state index contributed by atoms with van der Waals surface area (Å²) in [6, 6.07) is 10.7. The molecular weight excluding hydrogens is 174 g/mol. The minimum absolute atomic E-state index is 0.173. The fraction of sp³-hybridized carbons (Fsp3) is 0.167. The van der Waals surface area contributed by atoms with Crippen LogP contribution in [0.2, 0.25) is 0 Å². The molecule has 0 atom stereocenters. The van der Waals surface area contributed by atoms with Gasteiger partial charge in [0.2, 0.25) is 0 Å². The summed E-state index contributed by atoms with van der Waals surface area (Å²) >= 11 is 0. The highest BCUT2D eigenvalue weighted by Crippen LogP contribution is 2.13. The number of fused-ring (bicyclic) bond motifs is 1. The average molecular weight is 184 g/mol. The molecular formula is C12H10NO. The first-order chi connectivity index (χ1) is 6.75. The van der Waals surface area contributed by atoms with Gasteiger partial charge in [-0.1, -0.05) is 12.1 Å². The predicted octanol–water partition coefficient (Wildman–Crippen LogP) is 2.17. The number of benzene rings is 1. The molecule has 1 radical (unpaired) electrons. The van der Waals surface area contributed by atoms with Crippen LogP contribution in [-0.2, 0) is 11.2 Å². The molecule has 0 bridgehead atoms. The third kappa shape index (κ3) is 1.79. The molecule has 0 aliphatic rings. The van der Waals surface area contributed by atoms with Gasteiger partial charge in [0, 0.05) is 24.1 Å². The molecule has 0 aliphatic heterocycles. The lowest BCUT2D eigenvalue weighted by molar-refractivity contribution is -0.116. The van der Waals surface area contributed by atoms with Crippen molar-refractivity contribution in [3.63, 3.8) is 0 Å². The zero-order chi connectivity index (χ0) is 9.97. The maximum atomic E-state index is 10.9. The standard InChI is InChI=1S/C12H10NO/c1-9(14)7-10-4-5-11-3-2-6-13-12(11)8-10/h3-6,8H,7H2,1H3. The summed E-state index contributed by atoms with van der Waals surface area (Å²) in [5.41, 5.74) is 1.94. The van der Waals surface area contributed by atoms with Crippen molar-refractivity contribution in [3.8, 4) is 0 Å². The van der Waals surface area contributed by atoms with Gasteiger partial charge in [-0.05, 0) is 24.6 Å². The quantitative estimate of drug-likeness (QED) is 0.716. The molecule has 0 saturated heterocycles. The summed E-state index contributed by atoms with van der Waals surface area (Å²) in [5, 5.41) is 1.06. The highest BCUT2D eigenvalue weighted by molar-refractivity contribution is 5.82. The fourth-order valence-corrected chi connectivity index (χ4v) is 1.45. The third-order valence-electron chi connectivity index (χ3n) is 2.06. The van der Waals surface area contributed by atoms with Gasteiger partial charge in [0.15, 0.2) is 0 Å². The molecule has 0 spiro atoms. The van der Waals surface area contributed by atoms with Crippen molar-refractivity contribution in [1.29, 1.82) is 0 Å². The Morgan fingerprint density at radius 3 is 3.14 bits per heavy atom. The van der Waals surface area contributed by atoms with E-state index >= 15 is 0 Å². The molecule has 1 heterocycles. The molecule has 0 amide bonds. The van der Waals surface area contributed by atoms with Gasteiger partial charge in [0.25, 0.3) is 0 Å². The Kier molecular flexibility index (Phi) is 2.27. The van der Waals surface area contributed by atoms with Crippen molar-refractivity contribution in [3.05, 3.63) is 42.1 Å². The van der Waals surface area contributed by atoms with Gasteiger partial charge >= 0.3 is 0 Å². The van der Waals surface area contributed by atoms with Crippen molar-refractivity contribution in [2.24, 2.45) is 0 Å². The van der Waals surface area contributed by atoms with E-state index in [1.165, 1.54) is 0 Å². The van der Waals surface area contributed by atoms with Crippen molar-refractivity contribution in [2.75, 3.05) is 0 Å². The lowest BCUT2D eigenvalue weighted by atomic mass is 10.1. The Balaban J connectivity index is 2.46. The Morgan fingerprint density at radius 2 is 2.36 bits per heavy atom. The highest BCUT2D eigenvalue weighted by atomic mass is 16.1. The minimum atomic E-state index is 0.173. The molecule has 0 saturated carbocycles. The number of hydrogen-bond acceptors (Lipinski definition) is 2. The number of carbonyl (C=O) groups excluding carboxylic acids is 1. The molecule has 2 heteroatoms. The Labute approximate surface area is 82.6 Å². The van der Waals surface area contributed by atoms with Gasteiger partial charge in [0.1, 0.15) is 5.78 Å². The van der Waals surface area contributed by atoms with Crippen molar-refractivity contribution < 1.29 is 4.79 Å². The smallest absolute Gasteiger partial charge is 0.134 e. The van der Waals surface area contributed by atoms with Crippen LogP contribution in [0.5, 0.6) is 0 Å². The molecule has 1 aromatic carbocycles. The molecule has 69 valence electrons. The van der Waals surface area contributed by atoms with Gasteiger partial charge < -0.3 is 0 Å². The first kappa shape index (κ1) is 8.88. The van der Waals surface area contributed by atoms with Gasteiger partial charge in [-0.15, -0.1) is 0 Å². The first-order valence-corrected chi connectivity index (χ1v) is 4.50. The summed E-state index contributed by atoms with van der Waals surface area (Å²) in [6.45, 7) is 1.59. The zero-order valence-corrected chi connectivity index (χ0v) is 7.95. The number of rotatable bonds is 2. The van der Waals surface area contributed by atoms with Crippen LogP contribution in [0.3, 0.4) is 0 Å². The lowest BCUT2D eigenvalue weighted by Gasteiger charge is -2.00. The van der Waals surface area contributed by atoms with Crippen molar-refractivity contribution in [1.82, 2.24) is 4.98 Å². The molecule has 0 fully saturated rings. The van der Waals surface area contributed by atoms with Crippen LogP contribution in [-0.4, -0.2) is 10.8 Å². The summed E-state index contributed by atoms with van der Waals surface area (Å²) in [4.78, 5) is 15.1. The van der Waals surface area contributed by atoms with E-state index in [0.29, 0.717) is 6.42 Å². The highest BCUT2D eigenvalue weighted by Gasteiger charge is 1.99. The Morgan fingerprint density at radius 1 is 1.50 bits per heavy atom. The SMILES string of the molecule is CC(=O)Cc1ccc2c[c]cnc2c1. The maximum absolute atomic E-state index is 10.9. The van der Waals surface area contributed by atoms with E-state index in [0.717, 1.165) is 16.5 Å². The van der Waals surface area contributed by atoms with Crippen molar-refractivity contribution >= 4 is 16.7 Å². The Hall–Kier alpha value is -1.70. The van der Waals surface area contributed by atoms with E-state index in [2.05, 4.69) is 11.1 Å². The second-order valence-corrected chi connectivity index (χ2v) is 3.34. The van der Waals surface area contributed by atoms with Gasteiger partial charge in [-0.25, -0.2) is 0 Å². The van der Waals surface area contributed by atoms with Gasteiger partial charge in [-0.2, -0.15) is 0 Å². The number of pyridine rings is 1. The van der Waals surface area contributed by atoms with Crippen LogP contribution in [0.4, 0.5) is 0 Å². The average Bonchev–Trinajstić information content (AvgIpc) is 2.17. The molecule has 1 aromatic heterocycles. The number of aromatic nitrogens is 1. The minimum Gasteiger partial charge on any atom is -0.300 e. The zero-order valence-electron chi connectivity index (χ0n) is 7.95. The van der Waals surface area contributed by atoms with Crippen LogP contribution in [0, 0.1) is 6.07 Å². The second-order valence-electron chi connectivity index (χ2n) is 3.34. The molecule has 0 aliphatic carbocycles. The lowest BCUT2D eigenvalue weighted by Crippen LogP contribution is -1.95. The molecule has 2 aromatic rings. The first-order valence-electron chi connectivity index (χ1n) is 4.50. The van der Waals surface area contributed by atoms with E-state index in [1.54, 1.807) is 13.1 Å². The van der Waals surface area contributed by atoms with Crippen LogP contribution < -0.4 is 0 Å². The number of hydrogen-bond donors (Lipinski definition) is 0. The van der Waals surface area contributed by atoms with Gasteiger partial charge in [-0.3, -0.25) is 9.78 Å². The second kappa shape index (κ2) is 3.58. The van der Waals surface area contributed by atoms with Gasteiger partial charge in [0.05, 0.1) is 5.52 Å². The van der Waals surface area contributed by atoms with Crippen LogP contribution in [0.1, 0.15) is 12.5 Å². The third-order valence-corrected chi connectivity index (χ3v) is 2.06. The molecule has 0 unspecified atom stereocenters. The van der Waals surface area contributed by atoms with Crippen LogP contribution >= 0.6 is 0 Å². The fourth-order valence-electron chi connectivity index (χ4n) is 1.45. The Bertz CT molecular complexity index is 476. The van der Waals surface area contributed by atoms with E-state index in [9.17, 15) is 4.79 Å². The summed E-state index contributed by atoms with van der Waals surface area (Å²) in [5.74, 6) is 0.173. The largest absolute Gasteiger partial charge is 0.300 e. The summed E-state index contributed by atoms with van der Waals surface area (Å²) < 4.78 is 0. The summed E-state index contributed by atoms with van der Waals surface area (Å²) in [7, 11) is 0. The molecule has 2 nitrogen and oxygen atoms in total. The maximum Gasteiger partial charge on any atom is 0.134 e. The topological polar surface area (TPSA) is 30.0 Å². The molecule has 2 rings (SSSR count). The van der Waals surface area contributed by atoms with Crippen LogP contribution in [0.15, 0.2) is 30.5 Å². The number of Topliss-reactive ketones (excluding diaryl/α,β-unsaturated/α-hetero) is 1. The monoisotopic (exact) mass is 184 g/mol. The van der Waals surface area contributed by atoms with E-state index in [-0.39, 0.29) is 5.78 Å². The van der Waals surface area contributed by atoms with Crippen molar-refractivity contribution in [2.45, 2.75) is 13.3 Å². The number of nitrogens with zero attached hydrogens (tertiary/aromatic N) is 1. The molecule has 0 N–H and O–H groups in total. The van der Waals surface area contributed by atoms with E-state index < -0.39 is 0 Å². The number of ketones is 1. The van der Waals surface area contributed by atoms with E-state index in [4.69, 9.17) is 0 Å². The molecule has 14 heavy (non-hydrogen) atoms. The predicted molar refractivity (Wildman–Crippen MR) is 55.0 cm³/mol. The summed E-state index contributed by atoms with van der Waals surface area (Å²) in [6.07, 6.45) is 2.12.